The number of nitrogens with one attached hydrogen (secondary N) is 1. The fraction of sp³-hybridized carbons (Fsp3) is 0.312. The smallest absolute Gasteiger partial charge is 0.243 e. The number of amides is 1. The first kappa shape index (κ1) is 13.6. The molecule has 2 aromatic carbocycles. The Morgan fingerprint density at radius 3 is 2.58 bits per heavy atom. The van der Waals surface area contributed by atoms with Crippen LogP contribution >= 0.6 is 0 Å². The Bertz CT molecular complexity index is 574. The summed E-state index contributed by atoms with van der Waals surface area (Å²) in [7, 11) is 1.81. The molecule has 0 radical (unpaired) electrons. The van der Waals surface area contributed by atoms with Crippen LogP contribution in [-0.4, -0.2) is 25.5 Å². The molecule has 2 rings (SSSR count). The summed E-state index contributed by atoms with van der Waals surface area (Å²) in [5, 5.41) is 5.28. The zero-order valence-electron chi connectivity index (χ0n) is 11.7. The lowest BCUT2D eigenvalue weighted by molar-refractivity contribution is -0.120. The molecule has 0 aliphatic rings. The molecule has 100 valence electrons. The Hall–Kier alpha value is -1.87. The van der Waals surface area contributed by atoms with Crippen LogP contribution in [0.5, 0.6) is 0 Å². The van der Waals surface area contributed by atoms with Gasteiger partial charge in [-0.2, -0.15) is 0 Å². The van der Waals surface area contributed by atoms with Crippen LogP contribution in [0, 0.1) is 0 Å². The Labute approximate surface area is 114 Å². The van der Waals surface area contributed by atoms with Crippen molar-refractivity contribution in [3.8, 4) is 0 Å². The van der Waals surface area contributed by atoms with Crippen molar-refractivity contribution in [2.24, 2.45) is 0 Å². The highest BCUT2D eigenvalue weighted by atomic mass is 16.2. The predicted octanol–water partition coefficient (Wildman–Crippen LogP) is 2.80. The molecule has 0 unspecified atom stereocenters. The molecule has 19 heavy (non-hydrogen) atoms. The molecule has 0 heterocycles. The molecule has 0 aromatic heterocycles. The number of carbonyl (C=O) groups excluding carboxylic acids is 1. The zero-order valence-corrected chi connectivity index (χ0v) is 11.7. The van der Waals surface area contributed by atoms with Gasteiger partial charge < -0.3 is 10.2 Å². The number of benzene rings is 2. The summed E-state index contributed by atoms with van der Waals surface area (Å²) in [6.45, 7) is 4.55. The van der Waals surface area contributed by atoms with Crippen LogP contribution in [0.1, 0.15) is 13.8 Å². The number of carbonyl (C=O) groups is 1. The first-order valence-corrected chi connectivity index (χ1v) is 6.65. The van der Waals surface area contributed by atoms with Gasteiger partial charge in [-0.05, 0) is 32.3 Å². The molecular weight excluding hydrogens is 236 g/mol. The fourth-order valence-electron chi connectivity index (χ4n) is 2.25. The minimum absolute atomic E-state index is 0.0985. The van der Waals surface area contributed by atoms with E-state index in [-0.39, 0.29) is 11.9 Å². The van der Waals surface area contributed by atoms with Gasteiger partial charge in [0.2, 0.25) is 5.91 Å². The summed E-state index contributed by atoms with van der Waals surface area (Å²) in [6, 6.07) is 14.0. The molecule has 0 aliphatic carbocycles. The van der Waals surface area contributed by atoms with E-state index in [9.17, 15) is 4.79 Å². The molecule has 0 saturated carbocycles. The highest BCUT2D eigenvalue weighted by Gasteiger charge is 2.20. The van der Waals surface area contributed by atoms with Crippen molar-refractivity contribution >= 4 is 22.4 Å². The first-order chi connectivity index (χ1) is 9.19. The number of fused-ring (bicyclic) bond motifs is 1. The quantitative estimate of drug-likeness (QED) is 0.912. The number of hydrogen-bond donors (Lipinski definition) is 1. The number of hydrogen-bond acceptors (Lipinski definition) is 2. The summed E-state index contributed by atoms with van der Waals surface area (Å²) in [4.78, 5) is 14.2. The highest BCUT2D eigenvalue weighted by molar-refractivity contribution is 6.05. The van der Waals surface area contributed by atoms with Gasteiger partial charge >= 0.3 is 0 Å². The van der Waals surface area contributed by atoms with E-state index < -0.39 is 0 Å². The molecule has 0 bridgehead atoms. The topological polar surface area (TPSA) is 32.3 Å². The number of rotatable bonds is 4. The van der Waals surface area contributed by atoms with E-state index in [2.05, 4.69) is 23.5 Å². The third-order valence-electron chi connectivity index (χ3n) is 3.44. The summed E-state index contributed by atoms with van der Waals surface area (Å²) < 4.78 is 0. The maximum atomic E-state index is 12.4. The number of anilines is 1. The van der Waals surface area contributed by atoms with Crippen molar-refractivity contribution in [2.75, 3.05) is 18.5 Å². The highest BCUT2D eigenvalue weighted by Crippen LogP contribution is 2.27. The number of nitrogens with zero attached hydrogens (tertiary/aromatic N) is 1. The van der Waals surface area contributed by atoms with Gasteiger partial charge in [-0.25, -0.2) is 0 Å². The van der Waals surface area contributed by atoms with Crippen molar-refractivity contribution in [1.82, 2.24) is 5.32 Å². The zero-order chi connectivity index (χ0) is 13.8. The Morgan fingerprint density at radius 1 is 1.21 bits per heavy atom. The Kier molecular flexibility index (Phi) is 4.17. The summed E-state index contributed by atoms with van der Waals surface area (Å²) >= 11 is 0. The normalized spacial score (nSPS) is 12.4. The van der Waals surface area contributed by atoms with Crippen LogP contribution in [-0.2, 0) is 4.79 Å². The van der Waals surface area contributed by atoms with Crippen molar-refractivity contribution in [3.05, 3.63) is 42.5 Å². The molecule has 0 aliphatic heterocycles. The Balaban J connectivity index is 2.49. The van der Waals surface area contributed by atoms with Gasteiger partial charge in [0.25, 0.3) is 0 Å². The van der Waals surface area contributed by atoms with Crippen molar-refractivity contribution < 1.29 is 4.79 Å². The minimum atomic E-state index is -0.182. The van der Waals surface area contributed by atoms with Gasteiger partial charge in [-0.3, -0.25) is 4.79 Å². The molecule has 0 spiro atoms. The average molecular weight is 256 g/mol. The van der Waals surface area contributed by atoms with Gasteiger partial charge in [0.1, 0.15) is 0 Å². The number of likely N-dealkylation sites (N-methyl/N-ethyl adjacent to an activating group) is 2. The molecule has 0 fully saturated rings. The average Bonchev–Trinajstić information content (AvgIpc) is 2.47. The second-order valence-electron chi connectivity index (χ2n) is 4.59. The molecule has 2 aromatic rings. The van der Waals surface area contributed by atoms with E-state index in [0.29, 0.717) is 6.54 Å². The van der Waals surface area contributed by atoms with E-state index >= 15 is 0 Å². The van der Waals surface area contributed by atoms with E-state index in [1.165, 1.54) is 0 Å². The SMILES string of the molecule is CCN(C(=O)[C@H](C)NC)c1cccc2ccccc12. The molecule has 3 nitrogen and oxygen atoms in total. The molecule has 1 amide bonds. The third-order valence-corrected chi connectivity index (χ3v) is 3.44. The van der Waals surface area contributed by atoms with E-state index in [4.69, 9.17) is 0 Å². The predicted molar refractivity (Wildman–Crippen MR) is 80.5 cm³/mol. The first-order valence-electron chi connectivity index (χ1n) is 6.65. The van der Waals surface area contributed by atoms with Crippen LogP contribution in [0.15, 0.2) is 42.5 Å². The van der Waals surface area contributed by atoms with Gasteiger partial charge in [0.15, 0.2) is 0 Å². The molecule has 0 saturated heterocycles. The van der Waals surface area contributed by atoms with Crippen molar-refractivity contribution in [1.29, 1.82) is 0 Å². The minimum Gasteiger partial charge on any atom is -0.311 e. The Morgan fingerprint density at radius 2 is 1.89 bits per heavy atom. The van der Waals surface area contributed by atoms with E-state index in [1.807, 2.05) is 43.0 Å². The van der Waals surface area contributed by atoms with Crippen LogP contribution in [0.25, 0.3) is 10.8 Å². The molecular formula is C16H20N2O. The van der Waals surface area contributed by atoms with E-state index in [1.54, 1.807) is 7.05 Å². The van der Waals surface area contributed by atoms with Crippen molar-refractivity contribution in [2.45, 2.75) is 19.9 Å². The largest absolute Gasteiger partial charge is 0.311 e. The van der Waals surface area contributed by atoms with Gasteiger partial charge in [-0.1, -0.05) is 36.4 Å². The lowest BCUT2D eigenvalue weighted by Gasteiger charge is -2.25. The van der Waals surface area contributed by atoms with Crippen LogP contribution in [0.4, 0.5) is 5.69 Å². The van der Waals surface area contributed by atoms with Gasteiger partial charge in [-0.15, -0.1) is 0 Å². The van der Waals surface area contributed by atoms with Crippen LogP contribution < -0.4 is 10.2 Å². The second kappa shape index (κ2) is 5.85. The van der Waals surface area contributed by atoms with Crippen molar-refractivity contribution in [3.63, 3.8) is 0 Å². The lowest BCUT2D eigenvalue weighted by Crippen LogP contribution is -2.43. The van der Waals surface area contributed by atoms with Gasteiger partial charge in [0, 0.05) is 11.9 Å². The maximum Gasteiger partial charge on any atom is 0.243 e. The summed E-state index contributed by atoms with van der Waals surface area (Å²) in [5.41, 5.74) is 0.979. The monoisotopic (exact) mass is 256 g/mol. The summed E-state index contributed by atoms with van der Waals surface area (Å²) in [5.74, 6) is 0.0985. The second-order valence-corrected chi connectivity index (χ2v) is 4.59. The summed E-state index contributed by atoms with van der Waals surface area (Å²) in [6.07, 6.45) is 0. The fourth-order valence-corrected chi connectivity index (χ4v) is 2.25. The van der Waals surface area contributed by atoms with Crippen LogP contribution in [0.3, 0.4) is 0 Å². The van der Waals surface area contributed by atoms with Gasteiger partial charge in [0.05, 0.1) is 11.7 Å². The molecule has 3 heteroatoms. The van der Waals surface area contributed by atoms with Crippen LogP contribution in [0.2, 0.25) is 0 Å². The molecule has 1 atom stereocenters. The molecule has 1 N–H and O–H groups in total. The third kappa shape index (κ3) is 2.61. The lowest BCUT2D eigenvalue weighted by atomic mass is 10.1. The standard InChI is InChI=1S/C16H20N2O/c1-4-18(16(19)12(2)17-3)15-11-7-9-13-8-5-6-10-14(13)15/h5-12,17H,4H2,1-3H3/t12-/m0/s1. The van der Waals surface area contributed by atoms with E-state index in [0.717, 1.165) is 16.5 Å². The maximum absolute atomic E-state index is 12.4.